The third-order valence-electron chi connectivity index (χ3n) is 4.54. The summed E-state index contributed by atoms with van der Waals surface area (Å²) < 4.78 is 1.97. The molecule has 3 aromatic rings. The fourth-order valence-corrected chi connectivity index (χ4v) is 2.94. The lowest BCUT2D eigenvalue weighted by molar-refractivity contribution is 0.449. The van der Waals surface area contributed by atoms with Gasteiger partial charge in [-0.05, 0) is 19.4 Å². The van der Waals surface area contributed by atoms with Crippen LogP contribution in [0.4, 0.5) is 5.82 Å². The van der Waals surface area contributed by atoms with Gasteiger partial charge in [-0.2, -0.15) is 0 Å². The smallest absolute Gasteiger partial charge is 0.167 e. The second kappa shape index (κ2) is 6.62. The largest absolute Gasteiger partial charge is 0.369 e. The van der Waals surface area contributed by atoms with E-state index >= 15 is 0 Å². The summed E-state index contributed by atoms with van der Waals surface area (Å²) in [7, 11) is 3.98. The van der Waals surface area contributed by atoms with Crippen molar-refractivity contribution < 1.29 is 0 Å². The van der Waals surface area contributed by atoms with Crippen molar-refractivity contribution in [3.63, 3.8) is 0 Å². The van der Waals surface area contributed by atoms with Gasteiger partial charge in [0, 0.05) is 52.0 Å². The van der Waals surface area contributed by atoms with Crippen LogP contribution in [0.5, 0.6) is 0 Å². The van der Waals surface area contributed by atoms with Gasteiger partial charge in [0.25, 0.3) is 0 Å². The normalized spacial score (nSPS) is 14.0. The van der Waals surface area contributed by atoms with E-state index in [0.717, 1.165) is 47.7 Å². The lowest BCUT2D eigenvalue weighted by Gasteiger charge is -2.22. The van der Waals surface area contributed by atoms with Crippen LogP contribution >= 0.6 is 0 Å². The number of aryl methyl sites for hydroxylation is 2. The molecule has 26 heavy (non-hydrogen) atoms. The van der Waals surface area contributed by atoms with Crippen LogP contribution in [0, 0.1) is 6.92 Å². The number of imidazole rings is 1. The molecular weight excluding hydrogens is 328 g/mol. The second-order valence-electron chi connectivity index (χ2n) is 6.42. The Hall–Kier alpha value is -3.16. The van der Waals surface area contributed by atoms with E-state index in [-0.39, 0.29) is 0 Å². The first-order chi connectivity index (χ1) is 12.6. The topological polar surface area (TPSA) is 75.0 Å². The van der Waals surface area contributed by atoms with Gasteiger partial charge in [-0.25, -0.2) is 19.9 Å². The van der Waals surface area contributed by atoms with E-state index in [1.165, 1.54) is 0 Å². The summed E-state index contributed by atoms with van der Waals surface area (Å²) in [4.78, 5) is 22.1. The zero-order chi connectivity index (χ0) is 18.1. The number of hydrogen-bond acceptors (Lipinski definition) is 7. The Kier molecular flexibility index (Phi) is 4.16. The Labute approximate surface area is 151 Å². The van der Waals surface area contributed by atoms with Crippen molar-refractivity contribution >= 4 is 28.0 Å². The van der Waals surface area contributed by atoms with Crippen LogP contribution in [0.1, 0.15) is 12.2 Å². The Morgan fingerprint density at radius 2 is 1.85 bits per heavy atom. The molecule has 0 aromatic carbocycles. The number of fused-ring (bicyclic) bond motifs is 2. The molecule has 8 heteroatoms. The van der Waals surface area contributed by atoms with Gasteiger partial charge >= 0.3 is 0 Å². The first-order valence-electron chi connectivity index (χ1n) is 8.65. The number of rotatable bonds is 5. The fraction of sp³-hybridized carbons (Fsp3) is 0.333. The zero-order valence-electron chi connectivity index (χ0n) is 15.2. The summed E-state index contributed by atoms with van der Waals surface area (Å²) in [6.07, 6.45) is 10.8. The average Bonchev–Trinajstić information content (AvgIpc) is 2.92. The third-order valence-corrected chi connectivity index (χ3v) is 4.54. The van der Waals surface area contributed by atoms with Crippen molar-refractivity contribution in [1.82, 2.24) is 34.3 Å². The van der Waals surface area contributed by atoms with E-state index in [0.29, 0.717) is 5.65 Å². The van der Waals surface area contributed by atoms with E-state index in [4.69, 9.17) is 0 Å². The molecule has 0 bridgehead atoms. The minimum Gasteiger partial charge on any atom is -0.369 e. The number of hydrogen-bond donors (Lipinski definition) is 1. The highest BCUT2D eigenvalue weighted by atomic mass is 15.2. The molecule has 0 aliphatic carbocycles. The first kappa shape index (κ1) is 16.3. The third kappa shape index (κ3) is 3.05. The molecule has 0 fully saturated rings. The monoisotopic (exact) mass is 350 g/mol. The van der Waals surface area contributed by atoms with Crippen molar-refractivity contribution in [2.45, 2.75) is 13.3 Å². The highest BCUT2D eigenvalue weighted by Crippen LogP contribution is 2.23. The van der Waals surface area contributed by atoms with Gasteiger partial charge in [0.2, 0.25) is 0 Å². The molecule has 1 aliphatic rings. The van der Waals surface area contributed by atoms with Gasteiger partial charge in [-0.1, -0.05) is 0 Å². The number of anilines is 1. The SMILES string of the molecule is Cc1nc2cc3c(NCCCN4C=CN(C)C=C4)ncnc3nc2n1C. The lowest BCUT2D eigenvalue weighted by atomic mass is 10.3. The quantitative estimate of drug-likeness (QED) is 0.707. The van der Waals surface area contributed by atoms with Crippen LogP contribution in [-0.2, 0) is 7.05 Å². The second-order valence-corrected chi connectivity index (χ2v) is 6.42. The van der Waals surface area contributed by atoms with E-state index in [1.807, 2.05) is 49.0 Å². The predicted molar refractivity (Wildman–Crippen MR) is 102 cm³/mol. The number of nitrogens with zero attached hydrogens (tertiary/aromatic N) is 7. The number of nitrogens with one attached hydrogen (secondary N) is 1. The van der Waals surface area contributed by atoms with E-state index < -0.39 is 0 Å². The van der Waals surface area contributed by atoms with Crippen LogP contribution in [-0.4, -0.2) is 54.4 Å². The summed E-state index contributed by atoms with van der Waals surface area (Å²) >= 11 is 0. The van der Waals surface area contributed by atoms with Gasteiger partial charge in [-0.15, -0.1) is 0 Å². The van der Waals surface area contributed by atoms with E-state index in [1.54, 1.807) is 6.33 Å². The maximum Gasteiger partial charge on any atom is 0.167 e. The highest BCUT2D eigenvalue weighted by Gasteiger charge is 2.11. The Morgan fingerprint density at radius 1 is 1.04 bits per heavy atom. The predicted octanol–water partition coefficient (Wildman–Crippen LogP) is 2.21. The molecular formula is C18H22N8. The lowest BCUT2D eigenvalue weighted by Crippen LogP contribution is -2.20. The maximum atomic E-state index is 4.65. The fourth-order valence-electron chi connectivity index (χ4n) is 2.94. The molecule has 0 spiro atoms. The molecule has 4 heterocycles. The van der Waals surface area contributed by atoms with Gasteiger partial charge < -0.3 is 19.7 Å². The van der Waals surface area contributed by atoms with Crippen LogP contribution in [0.3, 0.4) is 0 Å². The van der Waals surface area contributed by atoms with E-state index in [2.05, 4.69) is 42.6 Å². The molecule has 3 aromatic heterocycles. The summed E-state index contributed by atoms with van der Waals surface area (Å²) in [5, 5.41) is 4.31. The van der Waals surface area contributed by atoms with Gasteiger partial charge in [0.1, 0.15) is 23.5 Å². The minimum atomic E-state index is 0.683. The molecule has 0 saturated heterocycles. The van der Waals surface area contributed by atoms with Crippen LogP contribution < -0.4 is 5.32 Å². The zero-order valence-corrected chi connectivity index (χ0v) is 15.2. The van der Waals surface area contributed by atoms with Crippen LogP contribution in [0.15, 0.2) is 37.2 Å². The molecule has 134 valence electrons. The first-order valence-corrected chi connectivity index (χ1v) is 8.65. The van der Waals surface area contributed by atoms with Crippen LogP contribution in [0.2, 0.25) is 0 Å². The van der Waals surface area contributed by atoms with Crippen LogP contribution in [0.25, 0.3) is 22.2 Å². The summed E-state index contributed by atoms with van der Waals surface area (Å²) in [5.41, 5.74) is 2.39. The standard InChI is InChI=1S/C18H22N8/c1-13-22-15-11-14-16(20-12-21-17(14)23-18(15)25(13)3)19-5-4-6-26-9-7-24(2)8-10-26/h7-12H,4-6H2,1-3H3,(H,19,20,21,23). The molecule has 1 N–H and O–H groups in total. The molecule has 0 saturated carbocycles. The molecule has 0 radical (unpaired) electrons. The molecule has 0 amide bonds. The molecule has 0 atom stereocenters. The Morgan fingerprint density at radius 3 is 2.65 bits per heavy atom. The van der Waals surface area contributed by atoms with Gasteiger partial charge in [0.05, 0.1) is 5.39 Å². The molecule has 8 nitrogen and oxygen atoms in total. The van der Waals surface area contributed by atoms with Gasteiger partial charge in [-0.3, -0.25) is 0 Å². The minimum absolute atomic E-state index is 0.683. The molecule has 4 rings (SSSR count). The maximum absolute atomic E-state index is 4.65. The number of pyridine rings is 1. The molecule has 1 aliphatic heterocycles. The van der Waals surface area contributed by atoms with Crippen molar-refractivity contribution in [3.8, 4) is 0 Å². The molecule has 0 unspecified atom stereocenters. The van der Waals surface area contributed by atoms with Crippen molar-refractivity contribution in [3.05, 3.63) is 43.0 Å². The summed E-state index contributed by atoms with van der Waals surface area (Å²) in [6, 6.07) is 2.01. The Balaban J connectivity index is 1.48. The van der Waals surface area contributed by atoms with Crippen molar-refractivity contribution in [1.29, 1.82) is 0 Å². The van der Waals surface area contributed by atoms with E-state index in [9.17, 15) is 0 Å². The van der Waals surface area contributed by atoms with Gasteiger partial charge in [0.15, 0.2) is 11.3 Å². The van der Waals surface area contributed by atoms with Crippen molar-refractivity contribution in [2.24, 2.45) is 7.05 Å². The van der Waals surface area contributed by atoms with Crippen molar-refractivity contribution in [2.75, 3.05) is 25.5 Å². The Bertz CT molecular complexity index is 989. The average molecular weight is 350 g/mol. The summed E-state index contributed by atoms with van der Waals surface area (Å²) in [6.45, 7) is 3.73. The highest BCUT2D eigenvalue weighted by molar-refractivity contribution is 5.94. The summed E-state index contributed by atoms with van der Waals surface area (Å²) in [5.74, 6) is 1.73. The number of aromatic nitrogens is 5.